The number of hydrogen-bond acceptors (Lipinski definition) is 3. The number of benzene rings is 2. The van der Waals surface area contributed by atoms with Crippen molar-refractivity contribution in [3.05, 3.63) is 65.7 Å². The van der Waals surface area contributed by atoms with Crippen molar-refractivity contribution < 1.29 is 13.2 Å². The van der Waals surface area contributed by atoms with E-state index in [1.165, 1.54) is 0 Å². The van der Waals surface area contributed by atoms with Gasteiger partial charge in [0.15, 0.2) is 0 Å². The van der Waals surface area contributed by atoms with Crippen LogP contribution < -0.4 is 10.0 Å². The van der Waals surface area contributed by atoms with Crippen LogP contribution in [0, 0.1) is 0 Å². The number of hydrogen-bond donors (Lipinski definition) is 2. The van der Waals surface area contributed by atoms with Crippen LogP contribution in [0.25, 0.3) is 0 Å². The molecular weight excluding hydrogens is 312 g/mol. The molecule has 0 spiro atoms. The zero-order chi connectivity index (χ0) is 16.9. The lowest BCUT2D eigenvalue weighted by Crippen LogP contribution is -2.28. The van der Waals surface area contributed by atoms with E-state index in [1.54, 1.807) is 31.2 Å². The highest BCUT2D eigenvalue weighted by Gasteiger charge is 2.17. The van der Waals surface area contributed by atoms with Crippen molar-refractivity contribution >= 4 is 21.6 Å². The molecule has 2 rings (SSSR count). The Bertz CT molecular complexity index is 773. The van der Waals surface area contributed by atoms with Gasteiger partial charge in [0, 0.05) is 0 Å². The maximum atomic E-state index is 12.5. The molecular formula is C17H20N2O3S. The van der Waals surface area contributed by atoms with Crippen LogP contribution in [0.5, 0.6) is 0 Å². The second-order valence-corrected chi connectivity index (χ2v) is 7.17. The molecule has 0 radical (unpaired) electrons. The van der Waals surface area contributed by atoms with Crippen LogP contribution in [0.3, 0.4) is 0 Å². The number of sulfonamides is 1. The standard InChI is InChI=1S/C17H20N2O3S/c1-3-23(21,22)19-16-12-8-7-11-15(16)17(20)18-13(2)14-9-5-4-6-10-14/h4-13,19H,3H2,1-2H3,(H,18,20). The Balaban J connectivity index is 2.20. The fraction of sp³-hybridized carbons (Fsp3) is 0.235. The number of nitrogens with one attached hydrogen (secondary N) is 2. The van der Waals surface area contributed by atoms with Crippen LogP contribution in [-0.4, -0.2) is 20.1 Å². The first-order valence-corrected chi connectivity index (χ1v) is 9.03. The summed E-state index contributed by atoms with van der Waals surface area (Å²) in [5, 5.41) is 2.88. The summed E-state index contributed by atoms with van der Waals surface area (Å²) in [5.74, 6) is -0.376. The van der Waals surface area contributed by atoms with Crippen molar-refractivity contribution in [3.8, 4) is 0 Å². The summed E-state index contributed by atoms with van der Waals surface area (Å²) < 4.78 is 25.9. The van der Waals surface area contributed by atoms with E-state index in [0.717, 1.165) is 5.56 Å². The summed E-state index contributed by atoms with van der Waals surface area (Å²) in [6, 6.07) is 16.0. The minimum absolute atomic E-state index is 0.0522. The van der Waals surface area contributed by atoms with Gasteiger partial charge in [0.05, 0.1) is 23.0 Å². The molecule has 2 aromatic carbocycles. The number of rotatable bonds is 6. The minimum atomic E-state index is -3.44. The predicted molar refractivity (Wildman–Crippen MR) is 91.8 cm³/mol. The van der Waals surface area contributed by atoms with Crippen LogP contribution >= 0.6 is 0 Å². The molecule has 6 heteroatoms. The summed E-state index contributed by atoms with van der Waals surface area (Å²) in [7, 11) is -3.44. The first-order chi connectivity index (χ1) is 10.9. The normalized spacial score (nSPS) is 12.4. The first kappa shape index (κ1) is 17.0. The largest absolute Gasteiger partial charge is 0.345 e. The maximum absolute atomic E-state index is 12.5. The van der Waals surface area contributed by atoms with Gasteiger partial charge in [0.1, 0.15) is 0 Å². The highest BCUT2D eigenvalue weighted by molar-refractivity contribution is 7.92. The van der Waals surface area contributed by atoms with E-state index in [1.807, 2.05) is 37.3 Å². The first-order valence-electron chi connectivity index (χ1n) is 7.38. The number of carbonyl (C=O) groups is 1. The van der Waals surface area contributed by atoms with E-state index in [4.69, 9.17) is 0 Å². The molecule has 2 N–H and O–H groups in total. The maximum Gasteiger partial charge on any atom is 0.253 e. The van der Waals surface area contributed by atoms with E-state index >= 15 is 0 Å². The van der Waals surface area contributed by atoms with Gasteiger partial charge in [-0.25, -0.2) is 8.42 Å². The molecule has 1 unspecified atom stereocenters. The molecule has 0 saturated heterocycles. The number of amides is 1. The van der Waals surface area contributed by atoms with E-state index in [0.29, 0.717) is 5.56 Å². The van der Waals surface area contributed by atoms with Crippen molar-refractivity contribution in [1.29, 1.82) is 0 Å². The van der Waals surface area contributed by atoms with Gasteiger partial charge < -0.3 is 5.32 Å². The van der Waals surface area contributed by atoms with Crippen molar-refractivity contribution in [1.82, 2.24) is 5.32 Å². The van der Waals surface area contributed by atoms with E-state index < -0.39 is 10.0 Å². The van der Waals surface area contributed by atoms with Gasteiger partial charge in [0.25, 0.3) is 5.91 Å². The fourth-order valence-electron chi connectivity index (χ4n) is 2.11. The zero-order valence-electron chi connectivity index (χ0n) is 13.1. The number of para-hydroxylation sites is 1. The molecule has 1 atom stereocenters. The molecule has 5 nitrogen and oxygen atoms in total. The van der Waals surface area contributed by atoms with Crippen molar-refractivity contribution in [3.63, 3.8) is 0 Å². The average Bonchev–Trinajstić information content (AvgIpc) is 2.55. The summed E-state index contributed by atoms with van der Waals surface area (Å²) in [6.45, 7) is 3.43. The molecule has 2 aromatic rings. The van der Waals surface area contributed by atoms with Crippen molar-refractivity contribution in [2.45, 2.75) is 19.9 Å². The van der Waals surface area contributed by atoms with Crippen molar-refractivity contribution in [2.24, 2.45) is 0 Å². The smallest absolute Gasteiger partial charge is 0.253 e. The summed E-state index contributed by atoms with van der Waals surface area (Å²) in [5.41, 5.74) is 1.56. The third-order valence-corrected chi connectivity index (χ3v) is 4.76. The van der Waals surface area contributed by atoms with Gasteiger partial charge >= 0.3 is 0 Å². The van der Waals surface area contributed by atoms with Gasteiger partial charge in [-0.3, -0.25) is 9.52 Å². The minimum Gasteiger partial charge on any atom is -0.345 e. The summed E-state index contributed by atoms with van der Waals surface area (Å²) in [4.78, 5) is 12.5. The highest BCUT2D eigenvalue weighted by atomic mass is 32.2. The highest BCUT2D eigenvalue weighted by Crippen LogP contribution is 2.19. The van der Waals surface area contributed by atoms with Crippen LogP contribution in [0.15, 0.2) is 54.6 Å². The summed E-state index contributed by atoms with van der Waals surface area (Å²) in [6.07, 6.45) is 0. The molecule has 1 amide bonds. The molecule has 0 aliphatic heterocycles. The molecule has 0 fully saturated rings. The topological polar surface area (TPSA) is 75.3 Å². The molecule has 23 heavy (non-hydrogen) atoms. The Kier molecular flexibility index (Phi) is 5.39. The van der Waals surface area contributed by atoms with Crippen LogP contribution in [-0.2, 0) is 10.0 Å². The lowest BCUT2D eigenvalue weighted by Gasteiger charge is -2.16. The average molecular weight is 332 g/mol. The lowest BCUT2D eigenvalue weighted by atomic mass is 10.1. The van der Waals surface area contributed by atoms with Crippen molar-refractivity contribution in [2.75, 3.05) is 10.5 Å². The summed E-state index contributed by atoms with van der Waals surface area (Å²) >= 11 is 0. The molecule has 0 bridgehead atoms. The Morgan fingerprint density at radius 3 is 2.30 bits per heavy atom. The zero-order valence-corrected chi connectivity index (χ0v) is 13.9. The second kappa shape index (κ2) is 7.28. The van der Waals surface area contributed by atoms with Gasteiger partial charge in [-0.1, -0.05) is 42.5 Å². The van der Waals surface area contributed by atoms with Crippen LogP contribution in [0.2, 0.25) is 0 Å². The number of anilines is 1. The molecule has 0 aliphatic rings. The second-order valence-electron chi connectivity index (χ2n) is 5.16. The molecule has 122 valence electrons. The van der Waals surface area contributed by atoms with Gasteiger partial charge in [-0.15, -0.1) is 0 Å². The monoisotopic (exact) mass is 332 g/mol. The third kappa shape index (κ3) is 4.56. The molecule has 0 aromatic heterocycles. The van der Waals surface area contributed by atoms with Gasteiger partial charge in [0.2, 0.25) is 10.0 Å². The van der Waals surface area contributed by atoms with Gasteiger partial charge in [-0.05, 0) is 31.5 Å². The lowest BCUT2D eigenvalue weighted by molar-refractivity contribution is 0.0941. The Morgan fingerprint density at radius 2 is 1.65 bits per heavy atom. The Morgan fingerprint density at radius 1 is 1.04 bits per heavy atom. The number of carbonyl (C=O) groups excluding carboxylic acids is 1. The van der Waals surface area contributed by atoms with E-state index in [2.05, 4.69) is 10.0 Å². The third-order valence-electron chi connectivity index (χ3n) is 3.46. The molecule has 0 aliphatic carbocycles. The Hall–Kier alpha value is -2.34. The quantitative estimate of drug-likeness (QED) is 0.854. The Labute approximate surface area is 136 Å². The predicted octanol–water partition coefficient (Wildman–Crippen LogP) is 2.94. The van der Waals surface area contributed by atoms with Gasteiger partial charge in [-0.2, -0.15) is 0 Å². The van der Waals surface area contributed by atoms with Crippen LogP contribution in [0.1, 0.15) is 35.8 Å². The van der Waals surface area contributed by atoms with E-state index in [9.17, 15) is 13.2 Å². The fourth-order valence-corrected chi connectivity index (χ4v) is 2.77. The van der Waals surface area contributed by atoms with E-state index in [-0.39, 0.29) is 23.4 Å². The molecule has 0 heterocycles. The van der Waals surface area contributed by atoms with Crippen LogP contribution in [0.4, 0.5) is 5.69 Å². The molecule has 0 saturated carbocycles. The SMILES string of the molecule is CCS(=O)(=O)Nc1ccccc1C(=O)NC(C)c1ccccc1.